The van der Waals surface area contributed by atoms with Crippen molar-refractivity contribution in [3.05, 3.63) is 65.1 Å². The number of aliphatic imine (C=N–C) groups is 2. The van der Waals surface area contributed by atoms with Crippen LogP contribution in [0.4, 0.5) is 11.4 Å². The molecule has 3 heterocycles. The van der Waals surface area contributed by atoms with Crippen molar-refractivity contribution in [2.24, 2.45) is 15.9 Å². The quantitative estimate of drug-likeness (QED) is 0.595. The summed E-state index contributed by atoms with van der Waals surface area (Å²) in [5, 5.41) is 6.88. The molecule has 0 amide bonds. The number of aromatic nitrogens is 1. The first kappa shape index (κ1) is 23.3. The Morgan fingerprint density at radius 3 is 2.85 bits per heavy atom. The van der Waals surface area contributed by atoms with Crippen molar-refractivity contribution in [1.29, 1.82) is 0 Å². The first-order valence-electron chi connectivity index (χ1n) is 11.6. The number of nitrogens with zero attached hydrogens (tertiary/aromatic N) is 4. The molecular formula is C26H32N6S. The van der Waals surface area contributed by atoms with Crippen LogP contribution in [-0.4, -0.2) is 47.2 Å². The van der Waals surface area contributed by atoms with Crippen molar-refractivity contribution < 1.29 is 0 Å². The second-order valence-corrected chi connectivity index (χ2v) is 9.33. The van der Waals surface area contributed by atoms with Gasteiger partial charge in [-0.1, -0.05) is 37.4 Å². The normalized spacial score (nSPS) is 17.4. The minimum atomic E-state index is 0.0740. The van der Waals surface area contributed by atoms with Crippen molar-refractivity contribution >= 4 is 40.3 Å². The van der Waals surface area contributed by atoms with Gasteiger partial charge in [-0.15, -0.1) is 0 Å². The van der Waals surface area contributed by atoms with E-state index in [-0.39, 0.29) is 5.92 Å². The number of aryl methyl sites for hydroxylation is 3. The molecule has 33 heavy (non-hydrogen) atoms. The summed E-state index contributed by atoms with van der Waals surface area (Å²) in [6.45, 7) is 5.22. The summed E-state index contributed by atoms with van der Waals surface area (Å²) in [6, 6.07) is 8.65. The van der Waals surface area contributed by atoms with Crippen LogP contribution >= 0.6 is 12.2 Å². The lowest BCUT2D eigenvalue weighted by molar-refractivity contribution is 0.400. The number of hydrogen-bond donors (Lipinski definition) is 2. The molecule has 172 valence electrons. The van der Waals surface area contributed by atoms with E-state index in [1.54, 1.807) is 6.20 Å². The van der Waals surface area contributed by atoms with E-state index in [1.807, 2.05) is 13.1 Å². The monoisotopic (exact) mass is 460 g/mol. The van der Waals surface area contributed by atoms with Crippen LogP contribution in [0.3, 0.4) is 0 Å². The first-order chi connectivity index (χ1) is 15.9. The van der Waals surface area contributed by atoms with Gasteiger partial charge in [0.15, 0.2) is 0 Å². The molecule has 0 spiro atoms. The van der Waals surface area contributed by atoms with E-state index in [9.17, 15) is 0 Å². The fraction of sp³-hybridized carbons (Fsp3) is 0.385. The predicted molar refractivity (Wildman–Crippen MR) is 143 cm³/mol. The molecule has 1 atom stereocenters. The molecule has 2 aromatic rings. The van der Waals surface area contributed by atoms with E-state index in [0.717, 1.165) is 65.6 Å². The zero-order valence-electron chi connectivity index (χ0n) is 19.9. The van der Waals surface area contributed by atoms with Gasteiger partial charge in [0.25, 0.3) is 0 Å². The number of guanidine groups is 1. The molecule has 7 heteroatoms. The molecule has 0 fully saturated rings. The fourth-order valence-corrected chi connectivity index (χ4v) is 4.33. The van der Waals surface area contributed by atoms with Gasteiger partial charge in [0.1, 0.15) is 0 Å². The van der Waals surface area contributed by atoms with Crippen LogP contribution in [0.25, 0.3) is 0 Å². The highest BCUT2D eigenvalue weighted by atomic mass is 32.1. The third kappa shape index (κ3) is 5.72. The predicted octanol–water partition coefficient (Wildman–Crippen LogP) is 4.99. The van der Waals surface area contributed by atoms with Crippen molar-refractivity contribution in [1.82, 2.24) is 9.88 Å². The lowest BCUT2D eigenvalue weighted by Gasteiger charge is -2.15. The zero-order chi connectivity index (χ0) is 23.4. The Balaban J connectivity index is 1.64. The Labute approximate surface area is 201 Å². The average Bonchev–Trinajstić information content (AvgIpc) is 2.90. The maximum Gasteiger partial charge on any atom is 0.227 e. The Morgan fingerprint density at radius 1 is 1.21 bits per heavy atom. The number of thiocarbonyl (C=S) groups is 1. The third-order valence-electron chi connectivity index (χ3n) is 6.03. The van der Waals surface area contributed by atoms with E-state index in [2.05, 4.69) is 76.9 Å². The van der Waals surface area contributed by atoms with Gasteiger partial charge >= 0.3 is 0 Å². The molecule has 1 aromatic carbocycles. The lowest BCUT2D eigenvalue weighted by atomic mass is 9.97. The maximum atomic E-state index is 5.68. The summed E-state index contributed by atoms with van der Waals surface area (Å²) in [4.78, 5) is 17.2. The summed E-state index contributed by atoms with van der Waals surface area (Å²) < 4.78 is 0. The van der Waals surface area contributed by atoms with Crippen LogP contribution < -0.4 is 10.6 Å². The van der Waals surface area contributed by atoms with Crippen LogP contribution in [0.1, 0.15) is 42.1 Å². The minimum Gasteiger partial charge on any atom is -0.349 e. The Hall–Kier alpha value is -2.90. The van der Waals surface area contributed by atoms with Crippen LogP contribution in [0.2, 0.25) is 0 Å². The van der Waals surface area contributed by atoms with Gasteiger partial charge in [-0.05, 0) is 70.1 Å². The molecule has 2 aliphatic rings. The fourth-order valence-electron chi connectivity index (χ4n) is 4.06. The molecule has 1 unspecified atom stereocenters. The lowest BCUT2D eigenvalue weighted by Crippen LogP contribution is -2.20. The highest BCUT2D eigenvalue weighted by Gasteiger charge is 2.25. The molecule has 6 nitrogen and oxygen atoms in total. The minimum absolute atomic E-state index is 0.0740. The summed E-state index contributed by atoms with van der Waals surface area (Å²) in [6.07, 6.45) is 9.62. The molecule has 0 saturated carbocycles. The molecule has 2 aliphatic heterocycles. The zero-order valence-corrected chi connectivity index (χ0v) is 20.7. The number of rotatable bonds is 6. The van der Waals surface area contributed by atoms with E-state index in [4.69, 9.17) is 17.2 Å². The second-order valence-electron chi connectivity index (χ2n) is 8.89. The number of pyridine rings is 1. The number of anilines is 2. The van der Waals surface area contributed by atoms with Gasteiger partial charge in [0.05, 0.1) is 22.1 Å². The summed E-state index contributed by atoms with van der Waals surface area (Å²) in [5.41, 5.74) is 7.43. The number of benzene rings is 1. The van der Waals surface area contributed by atoms with Gasteiger partial charge in [0.2, 0.25) is 5.96 Å². The highest BCUT2D eigenvalue weighted by Crippen LogP contribution is 2.29. The Morgan fingerprint density at radius 2 is 2.06 bits per heavy atom. The third-order valence-corrected chi connectivity index (χ3v) is 6.43. The van der Waals surface area contributed by atoms with Crippen LogP contribution in [-0.2, 0) is 12.8 Å². The van der Waals surface area contributed by atoms with Gasteiger partial charge in [-0.2, -0.15) is 0 Å². The smallest absolute Gasteiger partial charge is 0.227 e. The van der Waals surface area contributed by atoms with Gasteiger partial charge in [0, 0.05) is 36.0 Å². The van der Waals surface area contributed by atoms with E-state index in [0.29, 0.717) is 5.96 Å². The van der Waals surface area contributed by atoms with Gasteiger partial charge < -0.3 is 15.5 Å². The largest absolute Gasteiger partial charge is 0.349 e. The molecule has 4 rings (SSSR count). The SMILES string of the molecule is CCc1ccc2c(c1)NC(=S)C1C=CN=C(Nc3cc(CCCN(C)C)cnc3C)N=C2C1. The van der Waals surface area contributed by atoms with Crippen molar-refractivity contribution in [2.75, 3.05) is 31.3 Å². The first-order valence-corrected chi connectivity index (χ1v) is 12.0. The van der Waals surface area contributed by atoms with Gasteiger partial charge in [-0.25, -0.2) is 9.98 Å². The van der Waals surface area contributed by atoms with Crippen molar-refractivity contribution in [2.45, 2.75) is 39.5 Å². The molecule has 1 aromatic heterocycles. The van der Waals surface area contributed by atoms with E-state index < -0.39 is 0 Å². The number of fused-ring (bicyclic) bond motifs is 4. The molecule has 0 aliphatic carbocycles. The Kier molecular flexibility index (Phi) is 7.30. The number of nitrogens with one attached hydrogen (secondary N) is 2. The molecule has 0 radical (unpaired) electrons. The highest BCUT2D eigenvalue weighted by molar-refractivity contribution is 7.80. The van der Waals surface area contributed by atoms with Crippen molar-refractivity contribution in [3.63, 3.8) is 0 Å². The van der Waals surface area contributed by atoms with Crippen LogP contribution in [0, 0.1) is 12.8 Å². The van der Waals surface area contributed by atoms with Gasteiger partial charge in [-0.3, -0.25) is 4.98 Å². The second kappa shape index (κ2) is 10.4. The molecule has 0 saturated heterocycles. The van der Waals surface area contributed by atoms with Crippen LogP contribution in [0.15, 0.2) is 52.7 Å². The summed E-state index contributed by atoms with van der Waals surface area (Å²) in [5.74, 6) is 0.637. The van der Waals surface area contributed by atoms with E-state index in [1.165, 1.54) is 11.1 Å². The van der Waals surface area contributed by atoms with Crippen LogP contribution in [0.5, 0.6) is 0 Å². The van der Waals surface area contributed by atoms with Crippen molar-refractivity contribution in [3.8, 4) is 0 Å². The Bertz CT molecular complexity index is 1130. The standard InChI is InChI=1S/C26H32N6S/c1-5-18-8-9-21-23(13-18)29-25(33)20-10-11-27-26(31-24(21)15-20)30-22-14-19(16-28-17(22)2)7-6-12-32(3)4/h8-11,13-14,16,20H,5-7,12,15H2,1-4H3,(H,27,30)(H,29,33). The maximum absolute atomic E-state index is 5.68. The summed E-state index contributed by atoms with van der Waals surface area (Å²) >= 11 is 5.68. The topological polar surface area (TPSA) is 64.9 Å². The molecular weight excluding hydrogens is 428 g/mol. The summed E-state index contributed by atoms with van der Waals surface area (Å²) in [7, 11) is 4.20. The van der Waals surface area contributed by atoms with E-state index >= 15 is 0 Å². The average molecular weight is 461 g/mol. The molecule has 2 bridgehead atoms. The molecule has 2 N–H and O–H groups in total. The number of hydrogen-bond acceptors (Lipinski definition) is 6.